The molecule has 4 rings (SSSR count). The smallest absolute Gasteiger partial charge is 0.234 e. The van der Waals surface area contributed by atoms with Crippen LogP contribution in [0.5, 0.6) is 0 Å². The predicted molar refractivity (Wildman–Crippen MR) is 87.4 cm³/mol. The van der Waals surface area contributed by atoms with Crippen molar-refractivity contribution >= 4 is 22.2 Å². The van der Waals surface area contributed by atoms with E-state index in [4.69, 9.17) is 0 Å². The molecule has 0 spiro atoms. The molecule has 0 bridgehead atoms. The zero-order valence-electron chi connectivity index (χ0n) is 12.6. The second kappa shape index (κ2) is 6.08. The Balaban J connectivity index is 1.37. The lowest BCUT2D eigenvalue weighted by molar-refractivity contribution is -0.131. The van der Waals surface area contributed by atoms with Crippen LogP contribution in [0.3, 0.4) is 0 Å². The summed E-state index contributed by atoms with van der Waals surface area (Å²) < 4.78 is 1.73. The minimum absolute atomic E-state index is 0.216. The van der Waals surface area contributed by atoms with Gasteiger partial charge in [0.1, 0.15) is 11.3 Å². The first kappa shape index (κ1) is 14.3. The largest absolute Gasteiger partial charge is 0.342 e. The minimum Gasteiger partial charge on any atom is -0.342 e. The SMILES string of the molecule is O=C(Cc1ccccc1)N1CCC(c2nn3cnnc3s2)CC1. The van der Waals surface area contributed by atoms with Gasteiger partial charge in [0.15, 0.2) is 0 Å². The number of fused-ring (bicyclic) bond motifs is 1. The van der Waals surface area contributed by atoms with Crippen LogP contribution in [0.1, 0.15) is 29.3 Å². The number of carbonyl (C=O) groups is 1. The fourth-order valence-electron chi connectivity index (χ4n) is 3.00. The highest BCUT2D eigenvalue weighted by Gasteiger charge is 2.26. The van der Waals surface area contributed by atoms with Gasteiger partial charge in [-0.1, -0.05) is 41.7 Å². The van der Waals surface area contributed by atoms with Crippen LogP contribution in [-0.2, 0) is 11.2 Å². The zero-order chi connectivity index (χ0) is 15.6. The lowest BCUT2D eigenvalue weighted by Crippen LogP contribution is -2.38. The maximum atomic E-state index is 12.4. The average Bonchev–Trinajstić information content (AvgIpc) is 3.17. The Morgan fingerprint density at radius 1 is 1.22 bits per heavy atom. The van der Waals surface area contributed by atoms with E-state index in [1.807, 2.05) is 35.2 Å². The first-order valence-electron chi connectivity index (χ1n) is 7.78. The lowest BCUT2D eigenvalue weighted by Gasteiger charge is -2.31. The summed E-state index contributed by atoms with van der Waals surface area (Å²) in [5.74, 6) is 0.635. The van der Waals surface area contributed by atoms with Crippen LogP contribution in [0.25, 0.3) is 4.96 Å². The van der Waals surface area contributed by atoms with Gasteiger partial charge in [-0.05, 0) is 18.4 Å². The Morgan fingerprint density at radius 2 is 2.00 bits per heavy atom. The first-order chi connectivity index (χ1) is 11.3. The van der Waals surface area contributed by atoms with Crippen LogP contribution in [0.2, 0.25) is 0 Å². The molecule has 1 aliphatic heterocycles. The molecule has 6 nitrogen and oxygen atoms in total. The van der Waals surface area contributed by atoms with E-state index >= 15 is 0 Å². The van der Waals surface area contributed by atoms with Crippen molar-refractivity contribution in [2.45, 2.75) is 25.2 Å². The molecule has 1 aliphatic rings. The number of piperidine rings is 1. The standard InChI is InChI=1S/C16H17N5OS/c22-14(10-12-4-2-1-3-5-12)20-8-6-13(7-9-20)15-19-21-11-17-18-16(21)23-15/h1-5,11,13H,6-10H2. The summed E-state index contributed by atoms with van der Waals surface area (Å²) in [6.07, 6.45) is 4.05. The van der Waals surface area contributed by atoms with Gasteiger partial charge in [0.2, 0.25) is 10.9 Å². The highest BCUT2D eigenvalue weighted by Crippen LogP contribution is 2.30. The second-order valence-electron chi connectivity index (χ2n) is 5.82. The average molecular weight is 327 g/mol. The quantitative estimate of drug-likeness (QED) is 0.739. The molecule has 3 aromatic rings. The van der Waals surface area contributed by atoms with Crippen molar-refractivity contribution in [3.05, 3.63) is 47.2 Å². The number of carbonyl (C=O) groups excluding carboxylic acids is 1. The van der Waals surface area contributed by atoms with Crippen molar-refractivity contribution in [2.24, 2.45) is 0 Å². The van der Waals surface area contributed by atoms with Gasteiger partial charge >= 0.3 is 0 Å². The van der Waals surface area contributed by atoms with Gasteiger partial charge in [-0.15, -0.1) is 10.2 Å². The number of benzene rings is 1. The number of aromatic nitrogens is 4. The van der Waals surface area contributed by atoms with Crippen molar-refractivity contribution in [1.29, 1.82) is 0 Å². The van der Waals surface area contributed by atoms with Crippen LogP contribution in [0.4, 0.5) is 0 Å². The van der Waals surface area contributed by atoms with Gasteiger partial charge in [-0.25, -0.2) is 0 Å². The molecule has 2 aromatic heterocycles. The predicted octanol–water partition coefficient (Wildman–Crippen LogP) is 2.13. The lowest BCUT2D eigenvalue weighted by atomic mass is 9.97. The van der Waals surface area contributed by atoms with Crippen molar-refractivity contribution in [1.82, 2.24) is 24.7 Å². The summed E-state index contributed by atoms with van der Waals surface area (Å²) in [6.45, 7) is 1.60. The fraction of sp³-hybridized carbons (Fsp3) is 0.375. The van der Waals surface area contributed by atoms with Crippen molar-refractivity contribution in [2.75, 3.05) is 13.1 Å². The summed E-state index contributed by atoms with van der Waals surface area (Å²) in [6, 6.07) is 9.93. The molecule has 0 N–H and O–H groups in total. The molecule has 0 atom stereocenters. The number of hydrogen-bond acceptors (Lipinski definition) is 5. The molecule has 23 heavy (non-hydrogen) atoms. The molecule has 1 amide bonds. The van der Waals surface area contributed by atoms with Gasteiger partial charge in [-0.3, -0.25) is 4.79 Å². The van der Waals surface area contributed by atoms with E-state index in [0.29, 0.717) is 12.3 Å². The van der Waals surface area contributed by atoms with E-state index in [-0.39, 0.29) is 5.91 Å². The van der Waals surface area contributed by atoms with Gasteiger partial charge in [0.05, 0.1) is 6.42 Å². The van der Waals surface area contributed by atoms with Crippen LogP contribution in [-0.4, -0.2) is 43.7 Å². The topological polar surface area (TPSA) is 63.4 Å². The highest BCUT2D eigenvalue weighted by molar-refractivity contribution is 7.16. The number of hydrogen-bond donors (Lipinski definition) is 0. The second-order valence-corrected chi connectivity index (χ2v) is 6.80. The molecule has 1 aromatic carbocycles. The highest BCUT2D eigenvalue weighted by atomic mass is 32.1. The number of likely N-dealkylation sites (tertiary alicyclic amines) is 1. The summed E-state index contributed by atoms with van der Waals surface area (Å²) >= 11 is 1.60. The van der Waals surface area contributed by atoms with Crippen LogP contribution < -0.4 is 0 Å². The van der Waals surface area contributed by atoms with Crippen LogP contribution in [0, 0.1) is 0 Å². The molecule has 118 valence electrons. The third-order valence-corrected chi connectivity index (χ3v) is 5.37. The Hall–Kier alpha value is -2.28. The Kier molecular flexibility index (Phi) is 3.78. The number of nitrogens with zero attached hydrogens (tertiary/aromatic N) is 5. The molecular formula is C16H17N5OS. The van der Waals surface area contributed by atoms with E-state index in [0.717, 1.165) is 41.5 Å². The molecule has 1 fully saturated rings. The Labute approximate surface area is 137 Å². The summed E-state index contributed by atoms with van der Waals surface area (Å²) in [5.41, 5.74) is 1.08. The first-order valence-corrected chi connectivity index (χ1v) is 8.60. The van der Waals surface area contributed by atoms with Gasteiger partial charge in [-0.2, -0.15) is 9.61 Å². The van der Waals surface area contributed by atoms with E-state index in [1.165, 1.54) is 0 Å². The summed E-state index contributed by atoms with van der Waals surface area (Å²) in [4.78, 5) is 15.2. The number of amides is 1. The van der Waals surface area contributed by atoms with Crippen molar-refractivity contribution in [3.8, 4) is 0 Å². The van der Waals surface area contributed by atoms with Crippen LogP contribution in [0.15, 0.2) is 36.7 Å². The van der Waals surface area contributed by atoms with Gasteiger partial charge < -0.3 is 4.90 Å². The molecule has 0 radical (unpaired) electrons. The molecule has 3 heterocycles. The van der Waals surface area contributed by atoms with Crippen molar-refractivity contribution in [3.63, 3.8) is 0 Å². The van der Waals surface area contributed by atoms with Crippen LogP contribution >= 0.6 is 11.3 Å². The van der Waals surface area contributed by atoms with Crippen molar-refractivity contribution < 1.29 is 4.79 Å². The minimum atomic E-state index is 0.216. The molecule has 0 aliphatic carbocycles. The van der Waals surface area contributed by atoms with Gasteiger partial charge in [0, 0.05) is 19.0 Å². The molecule has 0 saturated carbocycles. The summed E-state index contributed by atoms with van der Waals surface area (Å²) in [7, 11) is 0. The fourth-order valence-corrected chi connectivity index (χ4v) is 3.99. The van der Waals surface area contributed by atoms with E-state index in [2.05, 4.69) is 15.3 Å². The third-order valence-electron chi connectivity index (χ3n) is 4.30. The molecule has 7 heteroatoms. The number of rotatable bonds is 3. The third kappa shape index (κ3) is 2.96. The maximum Gasteiger partial charge on any atom is 0.234 e. The molecular weight excluding hydrogens is 310 g/mol. The summed E-state index contributed by atoms with van der Waals surface area (Å²) in [5, 5.41) is 13.5. The van der Waals surface area contributed by atoms with E-state index in [9.17, 15) is 4.79 Å². The van der Waals surface area contributed by atoms with E-state index < -0.39 is 0 Å². The molecule has 0 unspecified atom stereocenters. The Bertz CT molecular complexity index is 776. The normalized spacial score (nSPS) is 16.1. The maximum absolute atomic E-state index is 12.4. The zero-order valence-corrected chi connectivity index (χ0v) is 13.4. The van der Waals surface area contributed by atoms with E-state index in [1.54, 1.807) is 22.2 Å². The Morgan fingerprint density at radius 3 is 2.74 bits per heavy atom. The van der Waals surface area contributed by atoms with Gasteiger partial charge in [0.25, 0.3) is 0 Å². The monoisotopic (exact) mass is 327 g/mol. The molecule has 1 saturated heterocycles.